The van der Waals surface area contributed by atoms with Gasteiger partial charge in [-0.05, 0) is 36.8 Å². The summed E-state index contributed by atoms with van der Waals surface area (Å²) in [6, 6.07) is 14.3. The topological polar surface area (TPSA) is 74.1 Å². The molecule has 4 rings (SSSR count). The number of rotatable bonds is 12. The molecular formula is C26H35N5O4. The van der Waals surface area contributed by atoms with Gasteiger partial charge in [-0.25, -0.2) is 4.68 Å². The molecule has 0 N–H and O–H groups in total. The molecule has 0 spiro atoms. The lowest BCUT2D eigenvalue weighted by Crippen LogP contribution is -2.46. The van der Waals surface area contributed by atoms with E-state index in [2.05, 4.69) is 44.4 Å². The minimum absolute atomic E-state index is 0.329. The SMILES string of the molecule is CCOCCn1cc(COc2ccc(CN3CCN(c4ccccc4OC)CC3)cc2OC)nn1. The van der Waals surface area contributed by atoms with E-state index >= 15 is 0 Å². The summed E-state index contributed by atoms with van der Waals surface area (Å²) in [5.74, 6) is 2.34. The fourth-order valence-corrected chi connectivity index (χ4v) is 4.19. The summed E-state index contributed by atoms with van der Waals surface area (Å²) in [7, 11) is 3.39. The number of methoxy groups -OCH3 is 2. The van der Waals surface area contributed by atoms with Crippen LogP contribution in [-0.4, -0.2) is 73.5 Å². The third-order valence-corrected chi connectivity index (χ3v) is 6.06. The van der Waals surface area contributed by atoms with Crippen LogP contribution in [0.4, 0.5) is 5.69 Å². The van der Waals surface area contributed by atoms with Crippen molar-refractivity contribution in [2.24, 2.45) is 0 Å². The van der Waals surface area contributed by atoms with Gasteiger partial charge in [-0.1, -0.05) is 23.4 Å². The molecular weight excluding hydrogens is 446 g/mol. The standard InChI is InChI=1S/C26H35N5O4/c1-4-34-16-15-31-19-22(27-28-31)20-35-25-10-9-21(17-26(25)33-3)18-29-11-13-30(14-12-29)23-7-5-6-8-24(23)32-2/h5-10,17,19H,4,11-16,18,20H2,1-3H3. The number of hydrogen-bond donors (Lipinski definition) is 0. The first-order valence-corrected chi connectivity index (χ1v) is 12.1. The zero-order valence-corrected chi connectivity index (χ0v) is 20.9. The highest BCUT2D eigenvalue weighted by atomic mass is 16.5. The Balaban J connectivity index is 1.29. The van der Waals surface area contributed by atoms with E-state index in [0.29, 0.717) is 32.1 Å². The molecule has 35 heavy (non-hydrogen) atoms. The van der Waals surface area contributed by atoms with Crippen LogP contribution in [0.5, 0.6) is 17.2 Å². The second kappa shape index (κ2) is 12.4. The zero-order chi connectivity index (χ0) is 24.5. The van der Waals surface area contributed by atoms with Crippen molar-refractivity contribution in [1.82, 2.24) is 19.9 Å². The Labute approximate surface area is 207 Å². The number of nitrogens with zero attached hydrogens (tertiary/aromatic N) is 5. The highest BCUT2D eigenvalue weighted by Crippen LogP contribution is 2.31. The molecule has 188 valence electrons. The first kappa shape index (κ1) is 24.8. The number of aromatic nitrogens is 3. The van der Waals surface area contributed by atoms with Gasteiger partial charge in [0.05, 0.1) is 39.3 Å². The number of benzene rings is 2. The molecule has 0 bridgehead atoms. The second-order valence-corrected chi connectivity index (χ2v) is 8.38. The van der Waals surface area contributed by atoms with Crippen molar-refractivity contribution >= 4 is 5.69 Å². The fraction of sp³-hybridized carbons (Fsp3) is 0.462. The van der Waals surface area contributed by atoms with Gasteiger partial charge in [0.1, 0.15) is 18.1 Å². The van der Waals surface area contributed by atoms with Crippen molar-refractivity contribution in [3.8, 4) is 17.2 Å². The molecule has 0 saturated carbocycles. The van der Waals surface area contributed by atoms with Gasteiger partial charge < -0.3 is 23.8 Å². The van der Waals surface area contributed by atoms with Crippen LogP contribution in [0.25, 0.3) is 0 Å². The van der Waals surface area contributed by atoms with Crippen LogP contribution >= 0.6 is 0 Å². The summed E-state index contributed by atoms with van der Waals surface area (Å²) in [5.41, 5.74) is 3.12. The van der Waals surface area contributed by atoms with E-state index in [9.17, 15) is 0 Å². The highest BCUT2D eigenvalue weighted by molar-refractivity contribution is 5.58. The predicted molar refractivity (Wildman–Crippen MR) is 134 cm³/mol. The number of hydrogen-bond acceptors (Lipinski definition) is 8. The van der Waals surface area contributed by atoms with Gasteiger partial charge in [0.2, 0.25) is 0 Å². The summed E-state index contributed by atoms with van der Waals surface area (Å²) in [4.78, 5) is 4.85. The third-order valence-electron chi connectivity index (χ3n) is 6.06. The predicted octanol–water partition coefficient (Wildman–Crippen LogP) is 3.23. The van der Waals surface area contributed by atoms with Crippen LogP contribution in [-0.2, 0) is 24.4 Å². The number of anilines is 1. The van der Waals surface area contributed by atoms with Gasteiger partial charge in [0.15, 0.2) is 11.5 Å². The monoisotopic (exact) mass is 481 g/mol. The van der Waals surface area contributed by atoms with E-state index in [4.69, 9.17) is 18.9 Å². The maximum atomic E-state index is 5.98. The van der Waals surface area contributed by atoms with E-state index in [1.165, 1.54) is 5.56 Å². The minimum atomic E-state index is 0.329. The lowest BCUT2D eigenvalue weighted by molar-refractivity contribution is 0.136. The van der Waals surface area contributed by atoms with Crippen LogP contribution in [0, 0.1) is 0 Å². The summed E-state index contributed by atoms with van der Waals surface area (Å²) in [6.45, 7) is 9.04. The molecule has 1 fully saturated rings. The average molecular weight is 482 g/mol. The Bertz CT molecular complexity index is 1070. The molecule has 2 aromatic carbocycles. The molecule has 0 aliphatic carbocycles. The molecule has 1 aliphatic heterocycles. The van der Waals surface area contributed by atoms with Crippen molar-refractivity contribution in [3.05, 3.63) is 59.9 Å². The minimum Gasteiger partial charge on any atom is -0.495 e. The highest BCUT2D eigenvalue weighted by Gasteiger charge is 2.20. The molecule has 0 unspecified atom stereocenters. The summed E-state index contributed by atoms with van der Waals surface area (Å²) < 4.78 is 24.2. The van der Waals surface area contributed by atoms with E-state index in [1.54, 1.807) is 18.9 Å². The van der Waals surface area contributed by atoms with Crippen LogP contribution in [0.2, 0.25) is 0 Å². The first-order chi connectivity index (χ1) is 17.2. The normalized spacial score (nSPS) is 14.2. The number of para-hydroxylation sites is 2. The zero-order valence-electron chi connectivity index (χ0n) is 20.9. The smallest absolute Gasteiger partial charge is 0.161 e. The van der Waals surface area contributed by atoms with E-state index < -0.39 is 0 Å². The number of piperazine rings is 1. The van der Waals surface area contributed by atoms with Crippen molar-refractivity contribution in [1.29, 1.82) is 0 Å². The Morgan fingerprint density at radius 2 is 1.71 bits per heavy atom. The van der Waals surface area contributed by atoms with Crippen LogP contribution in [0.1, 0.15) is 18.2 Å². The van der Waals surface area contributed by atoms with Gasteiger partial charge in [-0.2, -0.15) is 0 Å². The molecule has 2 heterocycles. The summed E-state index contributed by atoms with van der Waals surface area (Å²) in [6.07, 6.45) is 1.88. The van der Waals surface area contributed by atoms with Crippen molar-refractivity contribution < 1.29 is 18.9 Å². The van der Waals surface area contributed by atoms with Gasteiger partial charge in [-0.15, -0.1) is 5.10 Å². The summed E-state index contributed by atoms with van der Waals surface area (Å²) >= 11 is 0. The van der Waals surface area contributed by atoms with E-state index in [-0.39, 0.29) is 0 Å². The molecule has 0 amide bonds. The van der Waals surface area contributed by atoms with E-state index in [0.717, 1.165) is 55.6 Å². The van der Waals surface area contributed by atoms with Gasteiger partial charge in [0, 0.05) is 39.3 Å². The Morgan fingerprint density at radius 3 is 2.49 bits per heavy atom. The lowest BCUT2D eigenvalue weighted by Gasteiger charge is -2.36. The maximum Gasteiger partial charge on any atom is 0.161 e. The average Bonchev–Trinajstić information content (AvgIpc) is 3.36. The van der Waals surface area contributed by atoms with Crippen LogP contribution < -0.4 is 19.1 Å². The molecule has 9 nitrogen and oxygen atoms in total. The molecule has 0 radical (unpaired) electrons. The van der Waals surface area contributed by atoms with Crippen molar-refractivity contribution in [2.75, 3.05) is 58.5 Å². The van der Waals surface area contributed by atoms with Gasteiger partial charge in [-0.3, -0.25) is 4.90 Å². The maximum absolute atomic E-state index is 5.98. The van der Waals surface area contributed by atoms with E-state index in [1.807, 2.05) is 31.3 Å². The van der Waals surface area contributed by atoms with Crippen molar-refractivity contribution in [2.45, 2.75) is 26.6 Å². The molecule has 9 heteroatoms. The molecule has 3 aromatic rings. The molecule has 0 atom stereocenters. The number of ether oxygens (including phenoxy) is 4. The second-order valence-electron chi connectivity index (χ2n) is 8.38. The quantitative estimate of drug-likeness (QED) is 0.365. The van der Waals surface area contributed by atoms with Crippen molar-refractivity contribution in [3.63, 3.8) is 0 Å². The van der Waals surface area contributed by atoms with Crippen LogP contribution in [0.3, 0.4) is 0 Å². The summed E-state index contributed by atoms with van der Waals surface area (Å²) in [5, 5.41) is 8.29. The Morgan fingerprint density at radius 1 is 0.914 bits per heavy atom. The van der Waals surface area contributed by atoms with Gasteiger partial charge in [0.25, 0.3) is 0 Å². The first-order valence-electron chi connectivity index (χ1n) is 12.1. The molecule has 1 aromatic heterocycles. The lowest BCUT2D eigenvalue weighted by atomic mass is 10.1. The fourth-order valence-electron chi connectivity index (χ4n) is 4.19. The Kier molecular flexibility index (Phi) is 8.80. The van der Waals surface area contributed by atoms with Gasteiger partial charge >= 0.3 is 0 Å². The third kappa shape index (κ3) is 6.64. The largest absolute Gasteiger partial charge is 0.495 e. The molecule has 1 saturated heterocycles. The molecule has 1 aliphatic rings. The van der Waals surface area contributed by atoms with Crippen LogP contribution in [0.15, 0.2) is 48.7 Å². The Hall–Kier alpha value is -3.30.